The topological polar surface area (TPSA) is 46.2 Å². The van der Waals surface area contributed by atoms with Crippen molar-refractivity contribution in [1.29, 1.82) is 0 Å². The Labute approximate surface area is 133 Å². The predicted molar refractivity (Wildman–Crippen MR) is 90.1 cm³/mol. The fourth-order valence-corrected chi connectivity index (χ4v) is 4.51. The van der Waals surface area contributed by atoms with E-state index in [4.69, 9.17) is 0 Å². The van der Waals surface area contributed by atoms with E-state index in [1.165, 1.54) is 22.3 Å². The zero-order valence-electron chi connectivity index (χ0n) is 13.2. The molecule has 0 radical (unpaired) electrons. The average molecular weight is 317 g/mol. The Morgan fingerprint density at radius 1 is 1.09 bits per heavy atom. The molecule has 2 aliphatic carbocycles. The Morgan fingerprint density at radius 3 is 2.59 bits per heavy atom. The fraction of sp³-hybridized carbons (Fsp3) is 0.444. The van der Waals surface area contributed by atoms with Crippen LogP contribution in [0.15, 0.2) is 40.8 Å². The largest absolute Gasteiger partial charge is 0.236 e. The summed E-state index contributed by atoms with van der Waals surface area (Å²) in [7, 11) is -3.32. The summed E-state index contributed by atoms with van der Waals surface area (Å²) < 4.78 is 27.5. The van der Waals surface area contributed by atoms with Crippen molar-refractivity contribution < 1.29 is 8.42 Å². The van der Waals surface area contributed by atoms with Crippen molar-refractivity contribution in [2.75, 3.05) is 6.54 Å². The summed E-state index contributed by atoms with van der Waals surface area (Å²) >= 11 is 0. The molecule has 1 N–H and O–H groups in total. The summed E-state index contributed by atoms with van der Waals surface area (Å²) in [6.07, 6.45) is 7.04. The number of aryl methyl sites for hydroxylation is 1. The minimum Gasteiger partial charge on any atom is -0.211 e. The molecule has 0 fully saturated rings. The Morgan fingerprint density at radius 2 is 1.86 bits per heavy atom. The molecule has 1 aromatic rings. The Balaban J connectivity index is 1.62. The number of sulfonamides is 1. The highest BCUT2D eigenvalue weighted by atomic mass is 32.2. The first-order valence-electron chi connectivity index (χ1n) is 7.88. The molecule has 0 amide bonds. The molecular weight excluding hydrogens is 294 g/mol. The molecule has 1 atom stereocenters. The third-order valence-corrected chi connectivity index (χ3v) is 6.18. The normalized spacial score (nSPS) is 21.3. The molecule has 0 saturated heterocycles. The van der Waals surface area contributed by atoms with Crippen molar-refractivity contribution >= 4 is 10.0 Å². The van der Waals surface area contributed by atoms with Crippen LogP contribution in [-0.2, 0) is 22.9 Å². The summed E-state index contributed by atoms with van der Waals surface area (Å²) in [6.45, 7) is 4.66. The number of hydrogen-bond acceptors (Lipinski definition) is 2. The predicted octanol–water partition coefficient (Wildman–Crippen LogP) is 3.25. The van der Waals surface area contributed by atoms with Crippen LogP contribution in [0.5, 0.6) is 0 Å². The maximum Gasteiger partial charge on any atom is 0.236 e. The first-order chi connectivity index (χ1) is 10.4. The molecule has 0 spiro atoms. The van der Waals surface area contributed by atoms with Crippen LogP contribution < -0.4 is 4.72 Å². The minimum atomic E-state index is -3.32. The molecule has 0 saturated carbocycles. The van der Waals surface area contributed by atoms with E-state index in [9.17, 15) is 8.42 Å². The van der Waals surface area contributed by atoms with Gasteiger partial charge in [0.1, 0.15) is 0 Å². The maximum atomic E-state index is 12.4. The van der Waals surface area contributed by atoms with Crippen LogP contribution in [-0.4, -0.2) is 15.0 Å². The van der Waals surface area contributed by atoms with Gasteiger partial charge in [-0.25, -0.2) is 13.1 Å². The first kappa shape index (κ1) is 15.5. The van der Waals surface area contributed by atoms with E-state index in [1.807, 2.05) is 13.0 Å². The van der Waals surface area contributed by atoms with Crippen LogP contribution in [0.2, 0.25) is 0 Å². The molecule has 118 valence electrons. The van der Waals surface area contributed by atoms with E-state index >= 15 is 0 Å². The molecule has 3 rings (SSSR count). The lowest BCUT2D eigenvalue weighted by Crippen LogP contribution is -2.31. The monoisotopic (exact) mass is 317 g/mol. The number of allylic oxidation sites excluding steroid dienone is 4. The molecule has 1 aromatic carbocycles. The van der Waals surface area contributed by atoms with Gasteiger partial charge in [-0.3, -0.25) is 0 Å². The van der Waals surface area contributed by atoms with E-state index in [2.05, 4.69) is 29.8 Å². The molecule has 1 unspecified atom stereocenters. The zero-order chi connectivity index (χ0) is 15.7. The lowest BCUT2D eigenvalue weighted by molar-refractivity contribution is 0.529. The summed E-state index contributed by atoms with van der Waals surface area (Å²) in [5.41, 5.74) is 5.25. The van der Waals surface area contributed by atoms with Gasteiger partial charge in [-0.15, -0.1) is 0 Å². The standard InChI is InChI=1S/C18H23NO2S/c1-13-4-7-18(8-5-13)22(20,21)19-12-15-10-16-6-3-14(2)9-17(16)11-15/h3-4,6-7,9,15,19H,5,8,10-12H2,1-2H3. The van der Waals surface area contributed by atoms with Gasteiger partial charge in [0, 0.05) is 6.54 Å². The van der Waals surface area contributed by atoms with E-state index in [0.29, 0.717) is 23.8 Å². The van der Waals surface area contributed by atoms with Gasteiger partial charge >= 0.3 is 0 Å². The van der Waals surface area contributed by atoms with Gasteiger partial charge in [0.15, 0.2) is 0 Å². The van der Waals surface area contributed by atoms with Crippen LogP contribution in [0.25, 0.3) is 0 Å². The Bertz CT molecular complexity index is 744. The maximum absolute atomic E-state index is 12.4. The number of rotatable bonds is 4. The smallest absolute Gasteiger partial charge is 0.211 e. The molecule has 0 aromatic heterocycles. The van der Waals surface area contributed by atoms with Crippen molar-refractivity contribution in [3.63, 3.8) is 0 Å². The van der Waals surface area contributed by atoms with Gasteiger partial charge in [0.05, 0.1) is 4.91 Å². The number of benzene rings is 1. The average Bonchev–Trinajstić information content (AvgIpc) is 2.88. The van der Waals surface area contributed by atoms with E-state index in [-0.39, 0.29) is 0 Å². The van der Waals surface area contributed by atoms with Crippen molar-refractivity contribution in [3.05, 3.63) is 57.5 Å². The van der Waals surface area contributed by atoms with Gasteiger partial charge in [0.25, 0.3) is 0 Å². The van der Waals surface area contributed by atoms with Gasteiger partial charge in [-0.2, -0.15) is 0 Å². The summed E-state index contributed by atoms with van der Waals surface area (Å²) in [5, 5.41) is 0. The molecule has 4 heteroatoms. The summed E-state index contributed by atoms with van der Waals surface area (Å²) in [5.74, 6) is 0.369. The van der Waals surface area contributed by atoms with E-state index in [1.54, 1.807) is 6.08 Å². The molecule has 0 heterocycles. The lowest BCUT2D eigenvalue weighted by atomic mass is 10.1. The third-order valence-electron chi connectivity index (χ3n) is 4.61. The second-order valence-corrected chi connectivity index (χ2v) is 8.36. The van der Waals surface area contributed by atoms with E-state index < -0.39 is 10.0 Å². The minimum absolute atomic E-state index is 0.369. The van der Waals surface area contributed by atoms with Crippen molar-refractivity contribution in [2.24, 2.45) is 5.92 Å². The molecular formula is C18H23NO2S. The first-order valence-corrected chi connectivity index (χ1v) is 9.37. The quantitative estimate of drug-likeness (QED) is 0.926. The Hall–Kier alpha value is -1.39. The third kappa shape index (κ3) is 3.33. The molecule has 3 nitrogen and oxygen atoms in total. The van der Waals surface area contributed by atoms with Crippen LogP contribution >= 0.6 is 0 Å². The summed E-state index contributed by atoms with van der Waals surface area (Å²) in [4.78, 5) is 0.518. The highest BCUT2D eigenvalue weighted by molar-refractivity contribution is 7.93. The van der Waals surface area contributed by atoms with Gasteiger partial charge in [-0.05, 0) is 62.7 Å². The van der Waals surface area contributed by atoms with Crippen LogP contribution in [0.4, 0.5) is 0 Å². The van der Waals surface area contributed by atoms with Crippen molar-refractivity contribution in [2.45, 2.75) is 39.5 Å². The molecule has 0 bridgehead atoms. The number of fused-ring (bicyclic) bond motifs is 1. The number of nitrogens with one attached hydrogen (secondary N) is 1. The highest BCUT2D eigenvalue weighted by Gasteiger charge is 2.25. The van der Waals surface area contributed by atoms with E-state index in [0.717, 1.165) is 19.3 Å². The van der Waals surface area contributed by atoms with Gasteiger partial charge < -0.3 is 0 Å². The lowest BCUT2D eigenvalue weighted by Gasteiger charge is -2.15. The van der Waals surface area contributed by atoms with Gasteiger partial charge in [0.2, 0.25) is 10.0 Å². The second-order valence-electron chi connectivity index (χ2n) is 6.54. The Kier molecular flexibility index (Phi) is 4.24. The van der Waals surface area contributed by atoms with Crippen LogP contribution in [0.1, 0.15) is 36.5 Å². The summed E-state index contributed by atoms with van der Waals surface area (Å²) in [6, 6.07) is 6.53. The van der Waals surface area contributed by atoms with Crippen molar-refractivity contribution in [3.8, 4) is 0 Å². The SMILES string of the molecule is CC1=CC=C(S(=O)(=O)NCC2Cc3ccc(C)cc3C2)CC1. The van der Waals surface area contributed by atoms with Gasteiger partial charge in [-0.1, -0.05) is 35.4 Å². The zero-order valence-corrected chi connectivity index (χ0v) is 14.0. The molecule has 22 heavy (non-hydrogen) atoms. The van der Waals surface area contributed by atoms with Crippen LogP contribution in [0.3, 0.4) is 0 Å². The number of hydrogen-bond donors (Lipinski definition) is 1. The highest BCUT2D eigenvalue weighted by Crippen LogP contribution is 2.28. The molecule has 2 aliphatic rings. The second kappa shape index (κ2) is 6.01. The van der Waals surface area contributed by atoms with Crippen molar-refractivity contribution in [1.82, 2.24) is 4.72 Å². The van der Waals surface area contributed by atoms with Crippen LogP contribution in [0, 0.1) is 12.8 Å². The molecule has 0 aliphatic heterocycles. The fourth-order valence-electron chi connectivity index (χ4n) is 3.25.